The van der Waals surface area contributed by atoms with Crippen LogP contribution in [0.25, 0.3) is 11.1 Å². The van der Waals surface area contributed by atoms with Crippen molar-refractivity contribution in [3.05, 3.63) is 24.3 Å². The van der Waals surface area contributed by atoms with E-state index >= 15 is 0 Å². The SMILES string of the molecule is ClCSc1nc2ccccc2o1. The molecule has 0 saturated carbocycles. The predicted molar refractivity (Wildman–Crippen MR) is 50.6 cm³/mol. The van der Waals surface area contributed by atoms with Crippen LogP contribution in [0.4, 0.5) is 0 Å². The van der Waals surface area contributed by atoms with E-state index in [9.17, 15) is 0 Å². The summed E-state index contributed by atoms with van der Waals surface area (Å²) in [6.45, 7) is 0. The molecule has 0 atom stereocenters. The Morgan fingerprint density at radius 2 is 2.25 bits per heavy atom. The molecule has 2 rings (SSSR count). The van der Waals surface area contributed by atoms with Gasteiger partial charge in [0.2, 0.25) is 0 Å². The molecular weight excluding hydrogens is 194 g/mol. The summed E-state index contributed by atoms with van der Waals surface area (Å²) < 4.78 is 5.38. The van der Waals surface area contributed by atoms with Crippen LogP contribution in [-0.4, -0.2) is 10.2 Å². The van der Waals surface area contributed by atoms with Crippen LogP contribution in [-0.2, 0) is 0 Å². The van der Waals surface area contributed by atoms with Crippen molar-refractivity contribution < 1.29 is 4.42 Å². The standard InChI is InChI=1S/C8H6ClNOS/c9-5-12-8-10-6-3-1-2-4-7(6)11-8/h1-4H,5H2. The van der Waals surface area contributed by atoms with Gasteiger partial charge in [-0.3, -0.25) is 0 Å². The van der Waals surface area contributed by atoms with Crippen LogP contribution in [0.5, 0.6) is 0 Å². The van der Waals surface area contributed by atoms with Crippen molar-refractivity contribution in [1.29, 1.82) is 0 Å². The highest BCUT2D eigenvalue weighted by atomic mass is 35.5. The first-order chi connectivity index (χ1) is 5.90. The number of oxazole rings is 1. The molecule has 0 amide bonds. The van der Waals surface area contributed by atoms with Crippen molar-refractivity contribution in [2.45, 2.75) is 5.22 Å². The Kier molecular flexibility index (Phi) is 2.23. The average molecular weight is 200 g/mol. The number of hydrogen-bond acceptors (Lipinski definition) is 3. The smallest absolute Gasteiger partial charge is 0.257 e. The summed E-state index contributed by atoms with van der Waals surface area (Å²) >= 11 is 6.92. The quantitative estimate of drug-likeness (QED) is 0.549. The summed E-state index contributed by atoms with van der Waals surface area (Å²) in [7, 11) is 0. The first-order valence-electron chi connectivity index (χ1n) is 3.44. The Morgan fingerprint density at radius 3 is 3.00 bits per heavy atom. The Morgan fingerprint density at radius 1 is 1.42 bits per heavy atom. The molecule has 0 bridgehead atoms. The third-order valence-corrected chi connectivity index (χ3v) is 2.31. The van der Waals surface area contributed by atoms with Crippen molar-refractivity contribution in [2.24, 2.45) is 0 Å². The molecule has 1 aromatic carbocycles. The number of halogens is 1. The molecule has 2 aromatic rings. The minimum atomic E-state index is 0.465. The monoisotopic (exact) mass is 199 g/mol. The Bertz CT molecular complexity index is 354. The van der Waals surface area contributed by atoms with E-state index in [-0.39, 0.29) is 0 Å². The molecule has 2 nitrogen and oxygen atoms in total. The molecule has 0 fully saturated rings. The summed E-state index contributed by atoms with van der Waals surface area (Å²) in [5.74, 6) is 0. The summed E-state index contributed by atoms with van der Waals surface area (Å²) in [5, 5.41) is 1.10. The van der Waals surface area contributed by atoms with Crippen LogP contribution < -0.4 is 0 Å². The maximum atomic E-state index is 5.53. The van der Waals surface area contributed by atoms with E-state index < -0.39 is 0 Å². The molecule has 0 radical (unpaired) electrons. The number of alkyl halides is 1. The zero-order chi connectivity index (χ0) is 8.39. The largest absolute Gasteiger partial charge is 0.431 e. The number of aromatic nitrogens is 1. The second-order valence-corrected chi connectivity index (χ2v) is 3.71. The zero-order valence-electron chi connectivity index (χ0n) is 6.16. The number of nitrogens with zero attached hydrogens (tertiary/aromatic N) is 1. The number of benzene rings is 1. The fourth-order valence-corrected chi connectivity index (χ4v) is 1.64. The number of fused-ring (bicyclic) bond motifs is 1. The Labute approximate surface area is 78.9 Å². The molecular formula is C8H6ClNOS. The van der Waals surface area contributed by atoms with E-state index in [0.29, 0.717) is 10.4 Å². The van der Waals surface area contributed by atoms with Gasteiger partial charge in [-0.15, -0.1) is 11.6 Å². The van der Waals surface area contributed by atoms with Crippen molar-refractivity contribution in [1.82, 2.24) is 4.98 Å². The van der Waals surface area contributed by atoms with Gasteiger partial charge in [0.05, 0.1) is 5.21 Å². The minimum Gasteiger partial charge on any atom is -0.431 e. The second-order valence-electron chi connectivity index (χ2n) is 2.20. The normalized spacial score (nSPS) is 10.8. The van der Waals surface area contributed by atoms with Gasteiger partial charge in [0, 0.05) is 0 Å². The molecule has 0 saturated heterocycles. The Hall–Kier alpha value is -0.670. The lowest BCUT2D eigenvalue weighted by molar-refractivity contribution is 0.490. The van der Waals surface area contributed by atoms with Crippen molar-refractivity contribution in [3.63, 3.8) is 0 Å². The van der Waals surface area contributed by atoms with E-state index in [1.165, 1.54) is 11.8 Å². The van der Waals surface area contributed by atoms with Gasteiger partial charge in [-0.1, -0.05) is 23.9 Å². The zero-order valence-corrected chi connectivity index (χ0v) is 7.73. The molecule has 1 heterocycles. The molecule has 12 heavy (non-hydrogen) atoms. The lowest BCUT2D eigenvalue weighted by Gasteiger charge is -1.83. The van der Waals surface area contributed by atoms with Crippen LogP contribution in [0.1, 0.15) is 0 Å². The van der Waals surface area contributed by atoms with Gasteiger partial charge >= 0.3 is 0 Å². The van der Waals surface area contributed by atoms with E-state index in [1.807, 2.05) is 24.3 Å². The van der Waals surface area contributed by atoms with Gasteiger partial charge in [-0.2, -0.15) is 0 Å². The van der Waals surface area contributed by atoms with E-state index in [1.54, 1.807) is 0 Å². The van der Waals surface area contributed by atoms with Gasteiger partial charge in [-0.05, 0) is 12.1 Å². The Balaban J connectivity index is 2.47. The average Bonchev–Trinajstić information content (AvgIpc) is 2.47. The summed E-state index contributed by atoms with van der Waals surface area (Å²) in [6.07, 6.45) is 0. The molecule has 1 aromatic heterocycles. The first-order valence-corrected chi connectivity index (χ1v) is 4.96. The highest BCUT2D eigenvalue weighted by Gasteiger charge is 2.03. The fraction of sp³-hybridized carbons (Fsp3) is 0.125. The van der Waals surface area contributed by atoms with Crippen molar-refractivity contribution in [3.8, 4) is 0 Å². The van der Waals surface area contributed by atoms with Crippen LogP contribution in [0, 0.1) is 0 Å². The van der Waals surface area contributed by atoms with Crippen LogP contribution in [0.3, 0.4) is 0 Å². The highest BCUT2D eigenvalue weighted by molar-refractivity contribution is 8.00. The summed E-state index contributed by atoms with van der Waals surface area (Å²) in [6, 6.07) is 7.65. The molecule has 0 aliphatic rings. The topological polar surface area (TPSA) is 26.0 Å². The van der Waals surface area contributed by atoms with Crippen LogP contribution >= 0.6 is 23.4 Å². The van der Waals surface area contributed by atoms with Gasteiger partial charge in [0.1, 0.15) is 5.52 Å². The lowest BCUT2D eigenvalue weighted by Crippen LogP contribution is -1.67. The first kappa shape index (κ1) is 7.95. The van der Waals surface area contributed by atoms with Gasteiger partial charge < -0.3 is 4.42 Å². The molecule has 0 aliphatic carbocycles. The molecule has 0 unspecified atom stereocenters. The maximum absolute atomic E-state index is 5.53. The third-order valence-electron chi connectivity index (χ3n) is 1.45. The van der Waals surface area contributed by atoms with Gasteiger partial charge in [0.25, 0.3) is 5.22 Å². The predicted octanol–water partition coefficient (Wildman–Crippen LogP) is 3.12. The van der Waals surface area contributed by atoms with E-state index in [2.05, 4.69) is 4.98 Å². The number of thioether (sulfide) groups is 1. The lowest BCUT2D eigenvalue weighted by atomic mass is 10.3. The number of rotatable bonds is 2. The highest BCUT2D eigenvalue weighted by Crippen LogP contribution is 2.23. The van der Waals surface area contributed by atoms with E-state index in [4.69, 9.17) is 16.0 Å². The number of hydrogen-bond donors (Lipinski definition) is 0. The molecule has 4 heteroatoms. The van der Waals surface area contributed by atoms with Crippen molar-refractivity contribution in [2.75, 3.05) is 5.21 Å². The van der Waals surface area contributed by atoms with Crippen LogP contribution in [0.15, 0.2) is 33.9 Å². The second kappa shape index (κ2) is 3.37. The summed E-state index contributed by atoms with van der Waals surface area (Å²) in [5.41, 5.74) is 1.69. The van der Waals surface area contributed by atoms with Crippen LogP contribution in [0.2, 0.25) is 0 Å². The molecule has 0 aliphatic heterocycles. The van der Waals surface area contributed by atoms with Gasteiger partial charge in [0.15, 0.2) is 5.58 Å². The van der Waals surface area contributed by atoms with E-state index in [0.717, 1.165) is 11.1 Å². The number of para-hydroxylation sites is 2. The third kappa shape index (κ3) is 1.42. The maximum Gasteiger partial charge on any atom is 0.257 e. The van der Waals surface area contributed by atoms with Crippen molar-refractivity contribution >= 4 is 34.5 Å². The molecule has 0 spiro atoms. The summed E-state index contributed by atoms with van der Waals surface area (Å²) in [4.78, 5) is 4.21. The van der Waals surface area contributed by atoms with Gasteiger partial charge in [-0.25, -0.2) is 4.98 Å². The fourth-order valence-electron chi connectivity index (χ4n) is 0.959. The molecule has 62 valence electrons. The molecule has 0 N–H and O–H groups in total. The minimum absolute atomic E-state index is 0.465.